The van der Waals surface area contributed by atoms with Gasteiger partial charge in [0.05, 0.1) is 0 Å². The summed E-state index contributed by atoms with van der Waals surface area (Å²) in [6, 6.07) is 1.57. The molecule has 2 rings (SSSR count). The zero-order chi connectivity index (χ0) is 12.3. The van der Waals surface area contributed by atoms with Gasteiger partial charge in [0.15, 0.2) is 0 Å². The third kappa shape index (κ3) is 2.85. The second-order valence-electron chi connectivity index (χ2n) is 4.58. The summed E-state index contributed by atoms with van der Waals surface area (Å²) in [6.07, 6.45) is 2.95. The third-order valence-electron chi connectivity index (χ3n) is 3.39. The highest BCUT2D eigenvalue weighted by Crippen LogP contribution is 2.19. The van der Waals surface area contributed by atoms with E-state index in [1.54, 1.807) is 6.07 Å². The number of piperidine rings is 1. The lowest BCUT2D eigenvalue weighted by Crippen LogP contribution is -2.38. The maximum absolute atomic E-state index is 11.5. The van der Waals surface area contributed by atoms with Gasteiger partial charge in [0, 0.05) is 24.8 Å². The molecule has 0 bridgehead atoms. The highest BCUT2D eigenvalue weighted by Gasteiger charge is 2.19. The summed E-state index contributed by atoms with van der Waals surface area (Å²) in [6.45, 7) is 4.62. The standard InChI is InChI=1S/C12H20N4O/c1-2-10-7-11(17)15-12(14-10)16-5-3-9(8-13)4-6-16/h7,9H,2-6,8,13H2,1H3,(H,14,15,17). The van der Waals surface area contributed by atoms with Crippen LogP contribution in [0.5, 0.6) is 0 Å². The van der Waals surface area contributed by atoms with Crippen LogP contribution in [0.1, 0.15) is 25.5 Å². The lowest BCUT2D eigenvalue weighted by molar-refractivity contribution is 0.411. The quantitative estimate of drug-likeness (QED) is 0.801. The van der Waals surface area contributed by atoms with Crippen molar-refractivity contribution >= 4 is 5.95 Å². The number of nitrogens with zero attached hydrogens (tertiary/aromatic N) is 2. The van der Waals surface area contributed by atoms with Crippen LogP contribution >= 0.6 is 0 Å². The molecule has 0 aliphatic carbocycles. The van der Waals surface area contributed by atoms with Crippen LogP contribution in [0.15, 0.2) is 10.9 Å². The fraction of sp³-hybridized carbons (Fsp3) is 0.667. The van der Waals surface area contributed by atoms with E-state index in [-0.39, 0.29) is 5.56 Å². The Kier molecular flexibility index (Phi) is 3.78. The molecule has 5 nitrogen and oxygen atoms in total. The molecule has 2 heterocycles. The van der Waals surface area contributed by atoms with Crippen LogP contribution < -0.4 is 16.2 Å². The van der Waals surface area contributed by atoms with Crippen LogP contribution in [0.3, 0.4) is 0 Å². The van der Waals surface area contributed by atoms with E-state index in [9.17, 15) is 4.79 Å². The van der Waals surface area contributed by atoms with Gasteiger partial charge >= 0.3 is 0 Å². The van der Waals surface area contributed by atoms with Crippen molar-refractivity contribution in [1.82, 2.24) is 9.97 Å². The van der Waals surface area contributed by atoms with Crippen molar-refractivity contribution in [2.24, 2.45) is 11.7 Å². The van der Waals surface area contributed by atoms with Crippen LogP contribution in [-0.4, -0.2) is 29.6 Å². The van der Waals surface area contributed by atoms with Gasteiger partial charge in [-0.05, 0) is 31.7 Å². The molecule has 1 aliphatic heterocycles. The molecule has 1 saturated heterocycles. The van der Waals surface area contributed by atoms with Gasteiger partial charge in [-0.15, -0.1) is 0 Å². The van der Waals surface area contributed by atoms with Crippen molar-refractivity contribution in [3.63, 3.8) is 0 Å². The first kappa shape index (κ1) is 12.1. The number of hydrogen-bond acceptors (Lipinski definition) is 4. The molecule has 5 heteroatoms. The Morgan fingerprint density at radius 3 is 2.82 bits per heavy atom. The van der Waals surface area contributed by atoms with Gasteiger partial charge in [-0.2, -0.15) is 0 Å². The number of nitrogens with one attached hydrogen (secondary N) is 1. The Labute approximate surface area is 101 Å². The number of H-pyrrole nitrogens is 1. The molecule has 0 aromatic carbocycles. The Bertz CT molecular complexity index is 421. The normalized spacial score (nSPS) is 17.4. The van der Waals surface area contributed by atoms with Crippen molar-refractivity contribution < 1.29 is 0 Å². The van der Waals surface area contributed by atoms with Crippen molar-refractivity contribution in [2.75, 3.05) is 24.5 Å². The van der Waals surface area contributed by atoms with Crippen LogP contribution in [0, 0.1) is 5.92 Å². The molecule has 1 aromatic rings. The predicted molar refractivity (Wildman–Crippen MR) is 68.2 cm³/mol. The lowest BCUT2D eigenvalue weighted by Gasteiger charge is -2.31. The smallest absolute Gasteiger partial charge is 0.252 e. The Hall–Kier alpha value is -1.36. The van der Waals surface area contributed by atoms with Crippen molar-refractivity contribution in [1.29, 1.82) is 0 Å². The average Bonchev–Trinajstić information content (AvgIpc) is 2.38. The molecule has 94 valence electrons. The summed E-state index contributed by atoms with van der Waals surface area (Å²) in [7, 11) is 0. The molecule has 1 aromatic heterocycles. The van der Waals surface area contributed by atoms with Crippen molar-refractivity contribution in [3.05, 3.63) is 22.1 Å². The number of rotatable bonds is 3. The second-order valence-corrected chi connectivity index (χ2v) is 4.58. The largest absolute Gasteiger partial charge is 0.342 e. The first-order valence-corrected chi connectivity index (χ1v) is 6.28. The number of aryl methyl sites for hydroxylation is 1. The van der Waals surface area contributed by atoms with E-state index < -0.39 is 0 Å². The molecule has 17 heavy (non-hydrogen) atoms. The number of aromatic nitrogens is 2. The summed E-state index contributed by atoms with van der Waals surface area (Å²) in [4.78, 5) is 20.9. The molecule has 0 spiro atoms. The second kappa shape index (κ2) is 5.31. The fourth-order valence-electron chi connectivity index (χ4n) is 2.21. The van der Waals surface area contributed by atoms with Crippen LogP contribution in [0.2, 0.25) is 0 Å². The van der Waals surface area contributed by atoms with Gasteiger partial charge in [0.2, 0.25) is 5.95 Å². The molecule has 3 N–H and O–H groups in total. The summed E-state index contributed by atoms with van der Waals surface area (Å²) in [5.74, 6) is 1.33. The van der Waals surface area contributed by atoms with E-state index in [0.717, 1.165) is 44.6 Å². The summed E-state index contributed by atoms with van der Waals surface area (Å²) in [5, 5.41) is 0. The monoisotopic (exact) mass is 236 g/mol. The first-order valence-electron chi connectivity index (χ1n) is 6.28. The van der Waals surface area contributed by atoms with E-state index >= 15 is 0 Å². The van der Waals surface area contributed by atoms with Gasteiger partial charge in [-0.3, -0.25) is 9.78 Å². The van der Waals surface area contributed by atoms with Gasteiger partial charge in [-0.1, -0.05) is 6.92 Å². The molecule has 0 atom stereocenters. The van der Waals surface area contributed by atoms with E-state index in [0.29, 0.717) is 11.9 Å². The van der Waals surface area contributed by atoms with Crippen molar-refractivity contribution in [3.8, 4) is 0 Å². The minimum atomic E-state index is -0.0622. The van der Waals surface area contributed by atoms with Crippen LogP contribution in [0.4, 0.5) is 5.95 Å². The molecular formula is C12H20N4O. The third-order valence-corrected chi connectivity index (χ3v) is 3.39. The minimum absolute atomic E-state index is 0.0622. The van der Waals surface area contributed by atoms with Gasteiger partial charge < -0.3 is 10.6 Å². The number of nitrogens with two attached hydrogens (primary N) is 1. The molecule has 0 amide bonds. The summed E-state index contributed by atoms with van der Waals surface area (Å²) >= 11 is 0. The maximum Gasteiger partial charge on any atom is 0.252 e. The highest BCUT2D eigenvalue weighted by atomic mass is 16.1. The van der Waals surface area contributed by atoms with Gasteiger partial charge in [-0.25, -0.2) is 4.98 Å². The fourth-order valence-corrected chi connectivity index (χ4v) is 2.21. The zero-order valence-corrected chi connectivity index (χ0v) is 10.3. The Morgan fingerprint density at radius 2 is 2.24 bits per heavy atom. The van der Waals surface area contributed by atoms with E-state index in [1.165, 1.54) is 0 Å². The minimum Gasteiger partial charge on any atom is -0.342 e. The van der Waals surface area contributed by atoms with Gasteiger partial charge in [0.25, 0.3) is 5.56 Å². The maximum atomic E-state index is 11.5. The number of hydrogen-bond donors (Lipinski definition) is 2. The Balaban J connectivity index is 2.12. The molecule has 1 fully saturated rings. The molecule has 1 aliphatic rings. The summed E-state index contributed by atoms with van der Waals surface area (Å²) in [5.41, 5.74) is 6.45. The molecule has 0 radical (unpaired) electrons. The van der Waals surface area contributed by atoms with E-state index in [2.05, 4.69) is 14.9 Å². The van der Waals surface area contributed by atoms with Crippen LogP contribution in [-0.2, 0) is 6.42 Å². The zero-order valence-electron chi connectivity index (χ0n) is 10.3. The highest BCUT2D eigenvalue weighted by molar-refractivity contribution is 5.30. The SMILES string of the molecule is CCc1cc(=O)[nH]c(N2CCC(CN)CC2)n1. The lowest BCUT2D eigenvalue weighted by atomic mass is 9.97. The van der Waals surface area contributed by atoms with Crippen LogP contribution in [0.25, 0.3) is 0 Å². The molecular weight excluding hydrogens is 216 g/mol. The first-order chi connectivity index (χ1) is 8.22. The van der Waals surface area contributed by atoms with Gasteiger partial charge in [0.1, 0.15) is 0 Å². The average molecular weight is 236 g/mol. The topological polar surface area (TPSA) is 75.0 Å². The van der Waals surface area contributed by atoms with E-state index in [1.807, 2.05) is 6.92 Å². The number of aromatic amines is 1. The Morgan fingerprint density at radius 1 is 1.53 bits per heavy atom. The molecule has 0 unspecified atom stereocenters. The summed E-state index contributed by atoms with van der Waals surface area (Å²) < 4.78 is 0. The van der Waals surface area contributed by atoms with Crippen molar-refractivity contribution in [2.45, 2.75) is 26.2 Å². The molecule has 0 saturated carbocycles. The van der Waals surface area contributed by atoms with E-state index in [4.69, 9.17) is 5.73 Å². The predicted octanol–water partition coefficient (Wildman–Crippen LogP) is 0.507. The number of anilines is 1.